The topological polar surface area (TPSA) is 98.7 Å². The van der Waals surface area contributed by atoms with Crippen LogP contribution in [-0.4, -0.2) is 34.4 Å². The molecule has 0 saturated heterocycles. The van der Waals surface area contributed by atoms with Crippen molar-refractivity contribution in [3.63, 3.8) is 0 Å². The first-order valence-corrected chi connectivity index (χ1v) is 6.12. The monoisotopic (exact) mass is 320 g/mol. The van der Waals surface area contributed by atoms with Crippen LogP contribution in [0.2, 0.25) is 0 Å². The van der Waals surface area contributed by atoms with E-state index in [1.165, 1.54) is 6.92 Å². The Bertz CT molecular complexity index is 585. The molecule has 0 spiro atoms. The van der Waals surface area contributed by atoms with E-state index < -0.39 is 35.9 Å². The summed E-state index contributed by atoms with van der Waals surface area (Å²) in [4.78, 5) is 22.2. The van der Waals surface area contributed by atoms with Crippen molar-refractivity contribution in [2.24, 2.45) is 0 Å². The first-order chi connectivity index (χ1) is 9.93. The Morgan fingerprint density at radius 1 is 1.27 bits per heavy atom. The largest absolute Gasteiger partial charge is 0.479 e. The van der Waals surface area contributed by atoms with E-state index in [2.05, 4.69) is 10.6 Å². The predicted octanol–water partition coefficient (Wildman–Crippen LogP) is 1.97. The minimum atomic E-state index is -4.48. The van der Waals surface area contributed by atoms with Gasteiger partial charge in [-0.25, -0.2) is 9.59 Å². The van der Waals surface area contributed by atoms with Gasteiger partial charge in [-0.1, -0.05) is 0 Å². The van der Waals surface area contributed by atoms with Crippen molar-refractivity contribution in [2.45, 2.75) is 25.6 Å². The molecule has 6 nitrogen and oxygen atoms in total. The van der Waals surface area contributed by atoms with Crippen molar-refractivity contribution in [3.05, 3.63) is 29.3 Å². The molecule has 0 aliphatic heterocycles. The number of hydrogen-bond donors (Lipinski definition) is 4. The summed E-state index contributed by atoms with van der Waals surface area (Å²) in [6.07, 6.45) is -4.48. The Labute approximate surface area is 123 Å². The van der Waals surface area contributed by atoms with Gasteiger partial charge in [0, 0.05) is 5.69 Å². The van der Waals surface area contributed by atoms with Crippen LogP contribution in [0.15, 0.2) is 18.2 Å². The van der Waals surface area contributed by atoms with E-state index in [4.69, 9.17) is 5.11 Å². The molecular formula is C13H15F3N2O4. The summed E-state index contributed by atoms with van der Waals surface area (Å²) in [6.45, 7) is 1.69. The lowest BCUT2D eigenvalue weighted by Gasteiger charge is -2.18. The molecular weight excluding hydrogens is 305 g/mol. The van der Waals surface area contributed by atoms with Gasteiger partial charge < -0.3 is 20.8 Å². The smallest absolute Gasteiger partial charge is 0.416 e. The minimum Gasteiger partial charge on any atom is -0.479 e. The molecule has 22 heavy (non-hydrogen) atoms. The molecule has 9 heteroatoms. The second-order valence-electron chi connectivity index (χ2n) is 4.91. The fourth-order valence-corrected chi connectivity index (χ4v) is 1.56. The van der Waals surface area contributed by atoms with E-state index >= 15 is 0 Å². The van der Waals surface area contributed by atoms with E-state index in [-0.39, 0.29) is 11.3 Å². The van der Waals surface area contributed by atoms with Crippen LogP contribution in [0.5, 0.6) is 0 Å². The Morgan fingerprint density at radius 3 is 2.32 bits per heavy atom. The molecule has 0 aliphatic carbocycles. The highest BCUT2D eigenvalue weighted by Crippen LogP contribution is 2.32. The third-order valence-electron chi connectivity index (χ3n) is 2.84. The van der Waals surface area contributed by atoms with Crippen molar-refractivity contribution < 1.29 is 33.0 Å². The number of aliphatic hydroxyl groups is 1. The number of hydrogen-bond acceptors (Lipinski definition) is 3. The second kappa shape index (κ2) is 6.22. The number of carbonyl (C=O) groups excluding carboxylic acids is 1. The van der Waals surface area contributed by atoms with Gasteiger partial charge in [-0.3, -0.25) is 0 Å². The molecule has 0 heterocycles. The number of aliphatic carboxylic acids is 1. The number of carbonyl (C=O) groups is 2. The Balaban J connectivity index is 2.70. The molecule has 1 aromatic carbocycles. The Hall–Kier alpha value is -2.29. The maximum Gasteiger partial charge on any atom is 0.416 e. The van der Waals surface area contributed by atoms with Gasteiger partial charge in [-0.05, 0) is 37.6 Å². The SMILES string of the molecule is Cc1cc(NC(=O)NCC(C)(O)C(=O)O)ccc1C(F)(F)F. The third-order valence-corrected chi connectivity index (χ3v) is 2.84. The normalized spacial score (nSPS) is 14.1. The van der Waals surface area contributed by atoms with Crippen molar-refractivity contribution in [2.75, 3.05) is 11.9 Å². The molecule has 0 saturated carbocycles. The number of amides is 2. The predicted molar refractivity (Wildman–Crippen MR) is 71.5 cm³/mol. The molecule has 0 bridgehead atoms. The number of anilines is 1. The summed E-state index contributed by atoms with van der Waals surface area (Å²) in [5, 5.41) is 22.4. The Kier molecular flexibility index (Phi) is 5.02. The fourth-order valence-electron chi connectivity index (χ4n) is 1.56. The lowest BCUT2D eigenvalue weighted by Crippen LogP contribution is -2.47. The van der Waals surface area contributed by atoms with Gasteiger partial charge in [-0.2, -0.15) is 13.2 Å². The number of urea groups is 1. The van der Waals surface area contributed by atoms with E-state index in [1.54, 1.807) is 0 Å². The van der Waals surface area contributed by atoms with Gasteiger partial charge >= 0.3 is 18.2 Å². The molecule has 122 valence electrons. The molecule has 0 aliphatic rings. The zero-order valence-corrected chi connectivity index (χ0v) is 11.8. The number of aryl methyl sites for hydroxylation is 1. The molecule has 1 unspecified atom stereocenters. The van der Waals surface area contributed by atoms with Crippen molar-refractivity contribution >= 4 is 17.7 Å². The molecule has 2 amide bonds. The van der Waals surface area contributed by atoms with Crippen LogP contribution in [0.4, 0.5) is 23.7 Å². The average molecular weight is 320 g/mol. The average Bonchev–Trinajstić information content (AvgIpc) is 2.34. The number of rotatable bonds is 4. The van der Waals surface area contributed by atoms with Gasteiger partial charge in [0.2, 0.25) is 0 Å². The number of carboxylic acids is 1. The molecule has 0 aromatic heterocycles. The standard InChI is InChI=1S/C13H15F3N2O4/c1-7-5-8(3-4-9(7)13(14,15)16)18-11(21)17-6-12(2,22)10(19)20/h3-5,22H,6H2,1-2H3,(H,19,20)(H2,17,18,21). The van der Waals surface area contributed by atoms with Crippen LogP contribution in [0.3, 0.4) is 0 Å². The molecule has 0 radical (unpaired) electrons. The first-order valence-electron chi connectivity index (χ1n) is 6.12. The quantitative estimate of drug-likeness (QED) is 0.681. The highest BCUT2D eigenvalue weighted by atomic mass is 19.4. The van der Waals surface area contributed by atoms with E-state index in [0.717, 1.165) is 25.1 Å². The van der Waals surface area contributed by atoms with Crippen LogP contribution in [0.25, 0.3) is 0 Å². The number of carboxylic acid groups (broad SMARTS) is 1. The first kappa shape index (κ1) is 17.8. The summed E-state index contributed by atoms with van der Waals surface area (Å²) < 4.78 is 37.8. The summed E-state index contributed by atoms with van der Waals surface area (Å²) in [6, 6.07) is 2.20. The number of nitrogens with one attached hydrogen (secondary N) is 2. The summed E-state index contributed by atoms with van der Waals surface area (Å²) in [5.74, 6) is -1.52. The van der Waals surface area contributed by atoms with Crippen LogP contribution in [0.1, 0.15) is 18.1 Å². The summed E-state index contributed by atoms with van der Waals surface area (Å²) in [5.41, 5.74) is -2.92. The highest BCUT2D eigenvalue weighted by molar-refractivity contribution is 5.90. The number of alkyl halides is 3. The lowest BCUT2D eigenvalue weighted by molar-refractivity contribution is -0.155. The van der Waals surface area contributed by atoms with Crippen molar-refractivity contribution in [1.29, 1.82) is 0 Å². The minimum absolute atomic E-state index is 0.0668. The Morgan fingerprint density at radius 2 is 1.86 bits per heavy atom. The lowest BCUT2D eigenvalue weighted by atomic mass is 10.1. The molecule has 0 fully saturated rings. The second-order valence-corrected chi connectivity index (χ2v) is 4.91. The summed E-state index contributed by atoms with van der Waals surface area (Å²) in [7, 11) is 0. The number of benzene rings is 1. The van der Waals surface area contributed by atoms with Gasteiger partial charge in [0.15, 0.2) is 5.60 Å². The van der Waals surface area contributed by atoms with Crippen LogP contribution in [0, 0.1) is 6.92 Å². The van der Waals surface area contributed by atoms with Crippen molar-refractivity contribution in [3.8, 4) is 0 Å². The van der Waals surface area contributed by atoms with Crippen LogP contribution < -0.4 is 10.6 Å². The van der Waals surface area contributed by atoms with Crippen LogP contribution >= 0.6 is 0 Å². The number of halogens is 3. The van der Waals surface area contributed by atoms with Gasteiger partial charge in [0.05, 0.1) is 12.1 Å². The zero-order chi connectivity index (χ0) is 17.1. The maximum absolute atomic E-state index is 12.6. The van der Waals surface area contributed by atoms with E-state index in [9.17, 15) is 27.9 Å². The van der Waals surface area contributed by atoms with Gasteiger partial charge in [-0.15, -0.1) is 0 Å². The van der Waals surface area contributed by atoms with Gasteiger partial charge in [0.25, 0.3) is 0 Å². The van der Waals surface area contributed by atoms with E-state index in [1.807, 2.05) is 0 Å². The maximum atomic E-state index is 12.6. The summed E-state index contributed by atoms with van der Waals surface area (Å²) >= 11 is 0. The highest BCUT2D eigenvalue weighted by Gasteiger charge is 2.32. The molecule has 1 aromatic rings. The van der Waals surface area contributed by atoms with Crippen LogP contribution in [-0.2, 0) is 11.0 Å². The zero-order valence-electron chi connectivity index (χ0n) is 11.8. The van der Waals surface area contributed by atoms with Crippen molar-refractivity contribution in [1.82, 2.24) is 5.32 Å². The molecule has 1 atom stereocenters. The van der Waals surface area contributed by atoms with Gasteiger partial charge in [0.1, 0.15) is 0 Å². The molecule has 4 N–H and O–H groups in total. The third kappa shape index (κ3) is 4.62. The molecule has 1 rings (SSSR count). The van der Waals surface area contributed by atoms with E-state index in [0.29, 0.717) is 0 Å². The fraction of sp³-hybridized carbons (Fsp3) is 0.385.